The molecule has 1 unspecified atom stereocenters. The monoisotopic (exact) mass is 426 g/mol. The minimum absolute atomic E-state index is 0.313. The molecule has 1 aromatic heterocycles. The van der Waals surface area contributed by atoms with Crippen LogP contribution in [0.4, 0.5) is 0 Å². The maximum absolute atomic E-state index is 6.14. The second-order valence-corrected chi connectivity index (χ2v) is 9.48. The van der Waals surface area contributed by atoms with E-state index in [1.807, 2.05) is 23.3 Å². The van der Waals surface area contributed by atoms with Crippen LogP contribution in [0.25, 0.3) is 0 Å². The first-order chi connectivity index (χ1) is 13.8. The number of ether oxygens (including phenoxy) is 2. The number of piperidine rings is 1. The molecule has 1 aromatic rings. The highest BCUT2D eigenvalue weighted by atomic mass is 32.2. The third kappa shape index (κ3) is 7.54. The van der Waals surface area contributed by atoms with E-state index in [-0.39, 0.29) is 0 Å². The van der Waals surface area contributed by atoms with Crippen molar-refractivity contribution >= 4 is 29.1 Å². The van der Waals surface area contributed by atoms with Crippen LogP contribution in [0.1, 0.15) is 45.4 Å². The maximum atomic E-state index is 6.14. The Hall–Kier alpha value is -0.830. The predicted molar refractivity (Wildman–Crippen MR) is 118 cm³/mol. The normalized spacial score (nSPS) is 21.8. The van der Waals surface area contributed by atoms with Crippen molar-refractivity contribution in [3.05, 3.63) is 11.6 Å². The van der Waals surface area contributed by atoms with Gasteiger partial charge in [-0.1, -0.05) is 11.8 Å². The average molecular weight is 427 g/mol. The number of nitrogens with one attached hydrogen (secondary N) is 1. The second kappa shape index (κ2) is 12.7. The van der Waals surface area contributed by atoms with Gasteiger partial charge in [0, 0.05) is 50.1 Å². The topological polar surface area (TPSA) is 59.0 Å². The van der Waals surface area contributed by atoms with Crippen molar-refractivity contribution in [3.8, 4) is 0 Å². The van der Waals surface area contributed by atoms with E-state index in [0.29, 0.717) is 12.2 Å². The summed E-state index contributed by atoms with van der Waals surface area (Å²) in [6, 6.07) is 0. The largest absolute Gasteiger partial charge is 0.376 e. The zero-order valence-electron chi connectivity index (χ0n) is 17.0. The van der Waals surface area contributed by atoms with E-state index in [9.17, 15) is 0 Å². The summed E-state index contributed by atoms with van der Waals surface area (Å²) in [5.74, 6) is 2.12. The van der Waals surface area contributed by atoms with Gasteiger partial charge in [-0.3, -0.25) is 4.99 Å². The lowest BCUT2D eigenvalue weighted by Crippen LogP contribution is -2.47. The third-order valence-electron chi connectivity index (χ3n) is 5.07. The molecule has 3 heterocycles. The van der Waals surface area contributed by atoms with Crippen LogP contribution in [-0.2, 0) is 9.47 Å². The fraction of sp³-hybridized carbons (Fsp3) is 0.800. The van der Waals surface area contributed by atoms with Gasteiger partial charge in [0.15, 0.2) is 5.96 Å². The average Bonchev–Trinajstić information content (AvgIpc) is 3.26. The van der Waals surface area contributed by atoms with Crippen LogP contribution in [0.15, 0.2) is 20.9 Å². The molecule has 0 amide bonds. The number of hydrogen-bond donors (Lipinski definition) is 1. The standard InChI is InChI=1S/C20H34N4O2S2/c1-2-21-19(22-9-5-14-27-20-23-10-15-28-20)24-11-7-17(8-12-24)26-16-18-6-3-4-13-25-18/h10,15,17-18H,2-9,11-14,16H2,1H3,(H,21,22). The maximum Gasteiger partial charge on any atom is 0.193 e. The number of hydrogen-bond acceptors (Lipinski definition) is 6. The van der Waals surface area contributed by atoms with Crippen LogP contribution in [0.3, 0.4) is 0 Å². The first-order valence-corrected chi connectivity index (χ1v) is 12.5. The molecule has 2 aliphatic heterocycles. The summed E-state index contributed by atoms with van der Waals surface area (Å²) in [5.41, 5.74) is 0. The summed E-state index contributed by atoms with van der Waals surface area (Å²) in [6.07, 6.45) is 9.37. The molecular weight excluding hydrogens is 392 g/mol. The molecule has 1 atom stereocenters. The van der Waals surface area contributed by atoms with Gasteiger partial charge >= 0.3 is 0 Å². The van der Waals surface area contributed by atoms with E-state index in [4.69, 9.17) is 14.5 Å². The lowest BCUT2D eigenvalue weighted by atomic mass is 10.1. The van der Waals surface area contributed by atoms with E-state index < -0.39 is 0 Å². The molecule has 0 spiro atoms. The van der Waals surface area contributed by atoms with Crippen molar-refractivity contribution in [3.63, 3.8) is 0 Å². The first kappa shape index (κ1) is 21.9. The molecule has 6 nitrogen and oxygen atoms in total. The molecule has 2 aliphatic rings. The smallest absolute Gasteiger partial charge is 0.193 e. The molecule has 3 rings (SSSR count). The van der Waals surface area contributed by atoms with Crippen LogP contribution < -0.4 is 5.32 Å². The highest BCUT2D eigenvalue weighted by Crippen LogP contribution is 2.21. The van der Waals surface area contributed by atoms with Gasteiger partial charge in [-0.15, -0.1) is 11.3 Å². The molecule has 1 N–H and O–H groups in total. The Morgan fingerprint density at radius 2 is 2.29 bits per heavy atom. The van der Waals surface area contributed by atoms with Crippen molar-refractivity contribution in [1.29, 1.82) is 0 Å². The molecule has 0 aliphatic carbocycles. The Labute approximate surface area is 177 Å². The lowest BCUT2D eigenvalue weighted by Gasteiger charge is -2.35. The van der Waals surface area contributed by atoms with Gasteiger partial charge in [0.05, 0.1) is 18.8 Å². The van der Waals surface area contributed by atoms with Crippen LogP contribution in [0.5, 0.6) is 0 Å². The Kier molecular flexibility index (Phi) is 9.90. The van der Waals surface area contributed by atoms with E-state index in [2.05, 4.69) is 22.1 Å². The second-order valence-electron chi connectivity index (χ2n) is 7.24. The number of aliphatic imine (C=N–C) groups is 1. The van der Waals surface area contributed by atoms with E-state index >= 15 is 0 Å². The van der Waals surface area contributed by atoms with Gasteiger partial charge in [0.2, 0.25) is 0 Å². The van der Waals surface area contributed by atoms with Gasteiger partial charge in [0.25, 0.3) is 0 Å². The number of likely N-dealkylation sites (tertiary alicyclic amines) is 1. The van der Waals surface area contributed by atoms with Gasteiger partial charge in [0.1, 0.15) is 4.34 Å². The van der Waals surface area contributed by atoms with Gasteiger partial charge in [-0.25, -0.2) is 4.98 Å². The summed E-state index contributed by atoms with van der Waals surface area (Å²) < 4.78 is 13.1. The minimum atomic E-state index is 0.313. The highest BCUT2D eigenvalue weighted by Gasteiger charge is 2.23. The van der Waals surface area contributed by atoms with Crippen LogP contribution in [-0.4, -0.2) is 73.2 Å². The molecule has 0 radical (unpaired) electrons. The molecule has 2 saturated heterocycles. The molecule has 0 saturated carbocycles. The number of guanidine groups is 1. The fourth-order valence-electron chi connectivity index (χ4n) is 3.53. The van der Waals surface area contributed by atoms with Gasteiger partial charge in [-0.05, 0) is 45.4 Å². The summed E-state index contributed by atoms with van der Waals surface area (Å²) in [7, 11) is 0. The zero-order valence-corrected chi connectivity index (χ0v) is 18.6. The van der Waals surface area contributed by atoms with Crippen LogP contribution in [0.2, 0.25) is 0 Å². The number of aromatic nitrogens is 1. The Balaban J connectivity index is 1.34. The van der Waals surface area contributed by atoms with Gasteiger partial charge < -0.3 is 19.7 Å². The zero-order chi connectivity index (χ0) is 19.4. The number of thiazole rings is 1. The Morgan fingerprint density at radius 1 is 1.39 bits per heavy atom. The van der Waals surface area contributed by atoms with E-state index in [1.165, 1.54) is 12.8 Å². The predicted octanol–water partition coefficient (Wildman–Crippen LogP) is 3.64. The van der Waals surface area contributed by atoms with Crippen LogP contribution >= 0.6 is 23.1 Å². The molecule has 158 valence electrons. The number of nitrogens with zero attached hydrogens (tertiary/aromatic N) is 3. The Bertz CT molecular complexity index is 557. The quantitative estimate of drug-likeness (QED) is 0.282. The van der Waals surface area contributed by atoms with Crippen molar-refractivity contribution < 1.29 is 9.47 Å². The van der Waals surface area contributed by atoms with E-state index in [1.54, 1.807) is 11.3 Å². The molecule has 0 bridgehead atoms. The van der Waals surface area contributed by atoms with Crippen molar-refractivity contribution in [1.82, 2.24) is 15.2 Å². The summed E-state index contributed by atoms with van der Waals surface area (Å²) in [5, 5.41) is 5.48. The minimum Gasteiger partial charge on any atom is -0.376 e. The Morgan fingerprint density at radius 3 is 3.00 bits per heavy atom. The lowest BCUT2D eigenvalue weighted by molar-refractivity contribution is -0.0721. The van der Waals surface area contributed by atoms with Crippen molar-refractivity contribution in [2.24, 2.45) is 4.99 Å². The highest BCUT2D eigenvalue weighted by molar-refractivity contribution is 8.00. The van der Waals surface area contributed by atoms with Gasteiger partial charge in [-0.2, -0.15) is 0 Å². The van der Waals surface area contributed by atoms with Crippen molar-refractivity contribution in [2.45, 2.75) is 62.0 Å². The number of thioether (sulfide) groups is 1. The molecular formula is C20H34N4O2S2. The summed E-state index contributed by atoms with van der Waals surface area (Å²) in [6.45, 7) is 7.57. The summed E-state index contributed by atoms with van der Waals surface area (Å²) >= 11 is 3.53. The first-order valence-electron chi connectivity index (χ1n) is 10.6. The third-order valence-corrected chi connectivity index (χ3v) is 7.12. The molecule has 0 aromatic carbocycles. The summed E-state index contributed by atoms with van der Waals surface area (Å²) in [4.78, 5) is 11.5. The number of rotatable bonds is 9. The molecule has 8 heteroatoms. The van der Waals surface area contributed by atoms with Crippen molar-refractivity contribution in [2.75, 3.05) is 45.1 Å². The van der Waals surface area contributed by atoms with Crippen LogP contribution in [0, 0.1) is 0 Å². The van der Waals surface area contributed by atoms with E-state index in [0.717, 1.165) is 81.1 Å². The fourth-order valence-corrected chi connectivity index (χ4v) is 5.17. The SMILES string of the molecule is CCNC(=NCCCSc1nccs1)N1CCC(OCC2CCCCO2)CC1. The molecule has 2 fully saturated rings. The molecule has 28 heavy (non-hydrogen) atoms.